The van der Waals surface area contributed by atoms with Crippen LogP contribution in [0.15, 0.2) is 18.2 Å². The average molecular weight is 434 g/mol. The SMILES string of the molecule is CC(C)C(CO)Nc1nc(Nc2ccc(Cl)c(C(=O)O)c2)c2nnn(C(C)C)c2n1. The van der Waals surface area contributed by atoms with Crippen molar-refractivity contribution in [3.63, 3.8) is 0 Å². The van der Waals surface area contributed by atoms with E-state index in [1.165, 1.54) is 12.1 Å². The van der Waals surface area contributed by atoms with Crippen molar-refractivity contribution in [1.82, 2.24) is 25.0 Å². The predicted octanol–water partition coefficient (Wildman–Crippen LogP) is 3.33. The smallest absolute Gasteiger partial charge is 0.337 e. The lowest BCUT2D eigenvalue weighted by Crippen LogP contribution is -2.30. The Hall–Kier alpha value is -2.98. The minimum atomic E-state index is -1.13. The van der Waals surface area contributed by atoms with Crippen LogP contribution in [0.4, 0.5) is 17.5 Å². The van der Waals surface area contributed by atoms with Gasteiger partial charge in [0.05, 0.1) is 29.3 Å². The second-order valence-electron chi connectivity index (χ2n) is 7.50. The van der Waals surface area contributed by atoms with Crippen LogP contribution in [0.25, 0.3) is 11.2 Å². The molecule has 0 aliphatic heterocycles. The number of fused-ring (bicyclic) bond motifs is 1. The summed E-state index contributed by atoms with van der Waals surface area (Å²) in [6, 6.07) is 4.33. The van der Waals surface area contributed by atoms with Gasteiger partial charge in [-0.25, -0.2) is 9.48 Å². The number of nitrogens with zero attached hydrogens (tertiary/aromatic N) is 5. The molecule has 160 valence electrons. The van der Waals surface area contributed by atoms with E-state index in [0.717, 1.165) is 0 Å². The van der Waals surface area contributed by atoms with Crippen molar-refractivity contribution in [3.8, 4) is 0 Å². The summed E-state index contributed by atoms with van der Waals surface area (Å²) in [5.74, 6) is -0.330. The van der Waals surface area contributed by atoms with E-state index in [1.807, 2.05) is 27.7 Å². The number of hydrogen-bond donors (Lipinski definition) is 4. The van der Waals surface area contributed by atoms with Gasteiger partial charge in [0.1, 0.15) is 0 Å². The van der Waals surface area contributed by atoms with Crippen LogP contribution in [-0.2, 0) is 0 Å². The minimum Gasteiger partial charge on any atom is -0.478 e. The number of aromatic nitrogens is 5. The summed E-state index contributed by atoms with van der Waals surface area (Å²) >= 11 is 5.96. The fraction of sp³-hybridized carbons (Fsp3) is 0.421. The molecule has 1 atom stereocenters. The second kappa shape index (κ2) is 8.80. The molecule has 1 aromatic carbocycles. The molecule has 3 aromatic rings. The van der Waals surface area contributed by atoms with E-state index in [1.54, 1.807) is 10.7 Å². The van der Waals surface area contributed by atoms with Crippen LogP contribution in [0.2, 0.25) is 5.02 Å². The topological polar surface area (TPSA) is 138 Å². The van der Waals surface area contributed by atoms with Crippen molar-refractivity contribution in [3.05, 3.63) is 28.8 Å². The van der Waals surface area contributed by atoms with Crippen LogP contribution in [0.5, 0.6) is 0 Å². The number of aliphatic hydroxyl groups excluding tert-OH is 1. The maximum absolute atomic E-state index is 11.4. The molecule has 0 saturated carbocycles. The lowest BCUT2D eigenvalue weighted by atomic mass is 10.1. The minimum absolute atomic E-state index is 0.0125. The quantitative estimate of drug-likeness (QED) is 0.421. The molecular weight excluding hydrogens is 410 g/mol. The molecule has 2 aromatic heterocycles. The summed E-state index contributed by atoms with van der Waals surface area (Å²) in [6.07, 6.45) is 0. The molecule has 2 heterocycles. The highest BCUT2D eigenvalue weighted by atomic mass is 35.5. The first kappa shape index (κ1) is 21.7. The molecule has 1 unspecified atom stereocenters. The van der Waals surface area contributed by atoms with Gasteiger partial charge in [-0.15, -0.1) is 5.10 Å². The molecule has 10 nitrogen and oxygen atoms in total. The Bertz CT molecular complexity index is 1070. The van der Waals surface area contributed by atoms with Gasteiger partial charge in [-0.1, -0.05) is 30.7 Å². The van der Waals surface area contributed by atoms with E-state index >= 15 is 0 Å². The summed E-state index contributed by atoms with van der Waals surface area (Å²) in [4.78, 5) is 20.4. The van der Waals surface area contributed by atoms with Crippen LogP contribution in [-0.4, -0.2) is 53.8 Å². The Kier molecular flexibility index (Phi) is 6.37. The van der Waals surface area contributed by atoms with Gasteiger partial charge in [-0.3, -0.25) is 0 Å². The number of carboxylic acid groups (broad SMARTS) is 1. The lowest BCUT2D eigenvalue weighted by molar-refractivity contribution is 0.0697. The average Bonchev–Trinajstić information content (AvgIpc) is 3.11. The number of carboxylic acids is 1. The number of nitrogens with one attached hydrogen (secondary N) is 2. The maximum atomic E-state index is 11.4. The van der Waals surface area contributed by atoms with E-state index < -0.39 is 5.97 Å². The maximum Gasteiger partial charge on any atom is 0.337 e. The van der Waals surface area contributed by atoms with Crippen LogP contribution < -0.4 is 10.6 Å². The fourth-order valence-corrected chi connectivity index (χ4v) is 3.02. The highest BCUT2D eigenvalue weighted by Crippen LogP contribution is 2.28. The van der Waals surface area contributed by atoms with Crippen molar-refractivity contribution in [1.29, 1.82) is 0 Å². The first-order valence-corrected chi connectivity index (χ1v) is 9.89. The zero-order valence-electron chi connectivity index (χ0n) is 17.1. The van der Waals surface area contributed by atoms with Crippen molar-refractivity contribution >= 4 is 46.2 Å². The highest BCUT2D eigenvalue weighted by molar-refractivity contribution is 6.33. The van der Waals surface area contributed by atoms with Gasteiger partial charge in [0.2, 0.25) is 5.95 Å². The Balaban J connectivity index is 2.08. The summed E-state index contributed by atoms with van der Waals surface area (Å²) in [6.45, 7) is 7.79. The zero-order chi connectivity index (χ0) is 22.0. The van der Waals surface area contributed by atoms with E-state index in [0.29, 0.717) is 28.6 Å². The molecule has 4 N–H and O–H groups in total. The van der Waals surface area contributed by atoms with Crippen LogP contribution >= 0.6 is 11.6 Å². The Morgan fingerprint density at radius 3 is 2.57 bits per heavy atom. The number of rotatable bonds is 8. The van der Waals surface area contributed by atoms with Crippen molar-refractivity contribution in [2.75, 3.05) is 17.2 Å². The highest BCUT2D eigenvalue weighted by Gasteiger charge is 2.20. The first-order chi connectivity index (χ1) is 14.2. The number of benzene rings is 1. The molecule has 0 saturated heterocycles. The van der Waals surface area contributed by atoms with Gasteiger partial charge in [0.25, 0.3) is 0 Å². The molecule has 0 spiro atoms. The predicted molar refractivity (Wildman–Crippen MR) is 115 cm³/mol. The number of anilines is 3. The van der Waals surface area contributed by atoms with Crippen LogP contribution in [0.1, 0.15) is 44.1 Å². The number of carbonyl (C=O) groups is 1. The molecule has 0 aliphatic carbocycles. The number of aliphatic hydroxyl groups is 1. The summed E-state index contributed by atoms with van der Waals surface area (Å²) in [5.41, 5.74) is 1.39. The van der Waals surface area contributed by atoms with Crippen LogP contribution in [0, 0.1) is 5.92 Å². The monoisotopic (exact) mass is 433 g/mol. The molecular formula is C19H24ClN7O3. The third-order valence-corrected chi connectivity index (χ3v) is 4.92. The van der Waals surface area contributed by atoms with Gasteiger partial charge < -0.3 is 20.8 Å². The molecule has 0 radical (unpaired) electrons. The van der Waals surface area contributed by atoms with Crippen molar-refractivity contribution in [2.24, 2.45) is 5.92 Å². The molecule has 30 heavy (non-hydrogen) atoms. The van der Waals surface area contributed by atoms with Gasteiger partial charge in [0, 0.05) is 5.69 Å². The Morgan fingerprint density at radius 1 is 1.23 bits per heavy atom. The van der Waals surface area contributed by atoms with Gasteiger partial charge in [0.15, 0.2) is 17.0 Å². The van der Waals surface area contributed by atoms with Crippen LogP contribution in [0.3, 0.4) is 0 Å². The van der Waals surface area contributed by atoms with E-state index in [9.17, 15) is 15.0 Å². The number of aromatic carboxylic acids is 1. The van der Waals surface area contributed by atoms with Gasteiger partial charge >= 0.3 is 5.97 Å². The summed E-state index contributed by atoms with van der Waals surface area (Å²) < 4.78 is 1.67. The molecule has 0 amide bonds. The fourth-order valence-electron chi connectivity index (χ4n) is 2.82. The van der Waals surface area contributed by atoms with Crippen molar-refractivity contribution in [2.45, 2.75) is 39.8 Å². The van der Waals surface area contributed by atoms with E-state index in [2.05, 4.69) is 30.9 Å². The Labute approximate surface area is 178 Å². The van der Waals surface area contributed by atoms with Gasteiger partial charge in [-0.2, -0.15) is 9.97 Å². The molecule has 11 heteroatoms. The van der Waals surface area contributed by atoms with E-state index in [-0.39, 0.29) is 35.2 Å². The molecule has 0 fully saturated rings. The standard InChI is InChI=1S/C19H24ClN7O3/c1-9(2)14(8-28)22-19-23-16(15-17(24-19)27(10(3)4)26-25-15)21-11-5-6-13(20)12(7-11)18(29)30/h5-7,9-10,14,28H,8H2,1-4H3,(H,29,30)(H2,21,22,23,24). The molecule has 0 bridgehead atoms. The van der Waals surface area contributed by atoms with Crippen molar-refractivity contribution < 1.29 is 15.0 Å². The Morgan fingerprint density at radius 2 is 1.97 bits per heavy atom. The lowest BCUT2D eigenvalue weighted by Gasteiger charge is -2.20. The normalized spacial score (nSPS) is 12.5. The number of hydrogen-bond acceptors (Lipinski definition) is 8. The number of halogens is 1. The second-order valence-corrected chi connectivity index (χ2v) is 7.91. The van der Waals surface area contributed by atoms with E-state index in [4.69, 9.17) is 11.6 Å². The summed E-state index contributed by atoms with van der Waals surface area (Å²) in [5, 5.41) is 33.7. The third-order valence-electron chi connectivity index (χ3n) is 4.59. The largest absolute Gasteiger partial charge is 0.478 e. The molecule has 3 rings (SSSR count). The first-order valence-electron chi connectivity index (χ1n) is 9.51. The summed E-state index contributed by atoms with van der Waals surface area (Å²) in [7, 11) is 0. The zero-order valence-corrected chi connectivity index (χ0v) is 17.8. The molecule has 0 aliphatic rings. The third kappa shape index (κ3) is 4.44. The van der Waals surface area contributed by atoms with Gasteiger partial charge in [-0.05, 0) is 38.0 Å².